The van der Waals surface area contributed by atoms with Crippen LogP contribution in [0.5, 0.6) is 11.5 Å². The van der Waals surface area contributed by atoms with Crippen molar-refractivity contribution in [1.29, 1.82) is 0 Å². The first kappa shape index (κ1) is 20.9. The van der Waals surface area contributed by atoms with Gasteiger partial charge in [-0.3, -0.25) is 9.69 Å². The van der Waals surface area contributed by atoms with Crippen LogP contribution in [-0.2, 0) is 4.79 Å². The number of amides is 1. The minimum Gasteiger partial charge on any atom is -0.495 e. The molecule has 2 rings (SSSR count). The summed E-state index contributed by atoms with van der Waals surface area (Å²) in [6, 6.07) is 5.82. The van der Waals surface area contributed by atoms with E-state index in [9.17, 15) is 13.6 Å². The first-order valence-corrected chi connectivity index (χ1v) is 8.51. The van der Waals surface area contributed by atoms with Gasteiger partial charge in [0.2, 0.25) is 5.91 Å². The minimum absolute atomic E-state index is 0.0517. The molecule has 0 aliphatic carbocycles. The van der Waals surface area contributed by atoms with Crippen LogP contribution in [0.1, 0.15) is 18.5 Å². The Morgan fingerprint density at radius 3 is 2.48 bits per heavy atom. The fourth-order valence-electron chi connectivity index (χ4n) is 2.58. The van der Waals surface area contributed by atoms with Gasteiger partial charge in [-0.25, -0.2) is 8.78 Å². The zero-order valence-electron chi connectivity index (χ0n) is 15.5. The Bertz CT molecular complexity index is 833. The van der Waals surface area contributed by atoms with E-state index in [0.29, 0.717) is 22.2 Å². The van der Waals surface area contributed by atoms with Crippen LogP contribution < -0.4 is 14.8 Å². The van der Waals surface area contributed by atoms with E-state index < -0.39 is 17.7 Å². The molecule has 0 aliphatic rings. The molecule has 0 saturated carbocycles. The fraction of sp³-hybridized carbons (Fsp3) is 0.316. The van der Waals surface area contributed by atoms with E-state index in [1.807, 2.05) is 0 Å². The molecule has 146 valence electrons. The van der Waals surface area contributed by atoms with E-state index in [1.54, 1.807) is 24.9 Å². The third-order valence-electron chi connectivity index (χ3n) is 4.21. The average molecular weight is 399 g/mol. The topological polar surface area (TPSA) is 50.8 Å². The average Bonchev–Trinajstić information content (AvgIpc) is 2.63. The predicted molar refractivity (Wildman–Crippen MR) is 101 cm³/mol. The van der Waals surface area contributed by atoms with Crippen molar-refractivity contribution in [1.82, 2.24) is 4.90 Å². The van der Waals surface area contributed by atoms with E-state index in [-0.39, 0.29) is 18.0 Å². The summed E-state index contributed by atoms with van der Waals surface area (Å²) in [6.07, 6.45) is 0. The molecule has 1 N–H and O–H groups in total. The molecule has 1 atom stereocenters. The van der Waals surface area contributed by atoms with E-state index in [0.717, 1.165) is 18.2 Å². The lowest BCUT2D eigenvalue weighted by Gasteiger charge is -2.25. The van der Waals surface area contributed by atoms with Gasteiger partial charge in [-0.05, 0) is 38.2 Å². The summed E-state index contributed by atoms with van der Waals surface area (Å²) in [7, 11) is 4.58. The number of ether oxygens (including phenoxy) is 2. The molecule has 8 heteroatoms. The number of anilines is 1. The standard InChI is InChI=1S/C19H21ClF2N2O3/c1-11(13-7-12(21)5-6-15(13)22)24(2)10-19(25)23-16-8-14(20)17(26-3)9-18(16)27-4/h5-9,11H,10H2,1-4H3,(H,23,25). The molecule has 0 fully saturated rings. The molecule has 1 amide bonds. The van der Waals surface area contributed by atoms with Crippen molar-refractivity contribution in [3.05, 3.63) is 52.6 Å². The Morgan fingerprint density at radius 1 is 1.19 bits per heavy atom. The van der Waals surface area contributed by atoms with Crippen molar-refractivity contribution in [3.63, 3.8) is 0 Å². The first-order chi connectivity index (χ1) is 12.8. The number of carbonyl (C=O) groups is 1. The van der Waals surface area contributed by atoms with Crippen LogP contribution in [0.3, 0.4) is 0 Å². The lowest BCUT2D eigenvalue weighted by Crippen LogP contribution is -2.32. The number of nitrogens with one attached hydrogen (secondary N) is 1. The molecule has 0 bridgehead atoms. The van der Waals surface area contributed by atoms with E-state index in [2.05, 4.69) is 5.32 Å². The number of methoxy groups -OCH3 is 2. The summed E-state index contributed by atoms with van der Waals surface area (Å²) >= 11 is 6.09. The molecule has 27 heavy (non-hydrogen) atoms. The lowest BCUT2D eigenvalue weighted by atomic mass is 10.1. The molecule has 2 aromatic rings. The highest BCUT2D eigenvalue weighted by Gasteiger charge is 2.20. The number of rotatable bonds is 7. The smallest absolute Gasteiger partial charge is 0.238 e. The van der Waals surface area contributed by atoms with Gasteiger partial charge >= 0.3 is 0 Å². The van der Waals surface area contributed by atoms with Crippen molar-refractivity contribution in [2.45, 2.75) is 13.0 Å². The minimum atomic E-state index is -0.534. The molecule has 0 heterocycles. The third kappa shape index (κ3) is 5.08. The summed E-state index contributed by atoms with van der Waals surface area (Å²) in [5.74, 6) is -0.621. The quantitative estimate of drug-likeness (QED) is 0.756. The second kappa shape index (κ2) is 9.01. The molecule has 2 aromatic carbocycles. The van der Waals surface area contributed by atoms with Crippen molar-refractivity contribution in [2.24, 2.45) is 0 Å². The number of hydrogen-bond acceptors (Lipinski definition) is 4. The Labute approximate surface area is 161 Å². The van der Waals surface area contributed by atoms with Crippen LogP contribution in [0.25, 0.3) is 0 Å². The lowest BCUT2D eigenvalue weighted by molar-refractivity contribution is -0.117. The third-order valence-corrected chi connectivity index (χ3v) is 4.51. The van der Waals surface area contributed by atoms with Crippen LogP contribution in [-0.4, -0.2) is 38.6 Å². The Kier molecular flexibility index (Phi) is 6.98. The first-order valence-electron chi connectivity index (χ1n) is 8.13. The van der Waals surface area contributed by atoms with Gasteiger partial charge in [-0.2, -0.15) is 0 Å². The van der Waals surface area contributed by atoms with Gasteiger partial charge in [0.1, 0.15) is 23.1 Å². The number of carbonyl (C=O) groups excluding carboxylic acids is 1. The van der Waals surface area contributed by atoms with Gasteiger partial charge in [0.25, 0.3) is 0 Å². The molecule has 0 aliphatic heterocycles. The fourth-order valence-corrected chi connectivity index (χ4v) is 2.82. The van der Waals surface area contributed by atoms with Gasteiger partial charge in [0, 0.05) is 17.7 Å². The van der Waals surface area contributed by atoms with Crippen molar-refractivity contribution in [2.75, 3.05) is 33.1 Å². The highest BCUT2D eigenvalue weighted by Crippen LogP contribution is 2.36. The molecule has 0 saturated heterocycles. The summed E-state index contributed by atoms with van der Waals surface area (Å²) in [4.78, 5) is 14.0. The maximum Gasteiger partial charge on any atom is 0.238 e. The van der Waals surface area contributed by atoms with Crippen LogP contribution in [0.15, 0.2) is 30.3 Å². The molecule has 1 unspecified atom stereocenters. The zero-order valence-corrected chi connectivity index (χ0v) is 16.2. The summed E-state index contributed by atoms with van der Waals surface area (Å²) in [6.45, 7) is 1.64. The highest BCUT2D eigenvalue weighted by molar-refractivity contribution is 6.32. The number of hydrogen-bond donors (Lipinski definition) is 1. The van der Waals surface area contributed by atoms with Gasteiger partial charge in [0.15, 0.2) is 0 Å². The molecule has 0 aromatic heterocycles. The molecular formula is C19H21ClF2N2O3. The highest BCUT2D eigenvalue weighted by atomic mass is 35.5. The van der Waals surface area contributed by atoms with Crippen LogP contribution >= 0.6 is 11.6 Å². The van der Waals surface area contributed by atoms with Gasteiger partial charge in [0.05, 0.1) is 31.5 Å². The maximum absolute atomic E-state index is 13.9. The van der Waals surface area contributed by atoms with Crippen LogP contribution in [0.2, 0.25) is 5.02 Å². The van der Waals surface area contributed by atoms with E-state index in [4.69, 9.17) is 21.1 Å². The Hall–Kier alpha value is -2.38. The summed E-state index contributed by atoms with van der Waals surface area (Å²) < 4.78 is 37.7. The summed E-state index contributed by atoms with van der Waals surface area (Å²) in [5.41, 5.74) is 0.557. The number of benzene rings is 2. The summed E-state index contributed by atoms with van der Waals surface area (Å²) in [5, 5.41) is 3.02. The molecule has 5 nitrogen and oxygen atoms in total. The van der Waals surface area contributed by atoms with E-state index in [1.165, 1.54) is 20.3 Å². The predicted octanol–water partition coefficient (Wildman–Crippen LogP) is 4.27. The molecule has 0 spiro atoms. The Balaban J connectivity index is 2.11. The maximum atomic E-state index is 13.9. The largest absolute Gasteiger partial charge is 0.495 e. The molecular weight excluding hydrogens is 378 g/mol. The number of halogens is 3. The van der Waals surface area contributed by atoms with Gasteiger partial charge in [-0.1, -0.05) is 11.6 Å². The van der Waals surface area contributed by atoms with Crippen LogP contribution in [0, 0.1) is 11.6 Å². The second-order valence-corrected chi connectivity index (χ2v) is 6.40. The van der Waals surface area contributed by atoms with Gasteiger partial charge in [-0.15, -0.1) is 0 Å². The number of nitrogens with zero attached hydrogens (tertiary/aromatic N) is 1. The monoisotopic (exact) mass is 398 g/mol. The normalized spacial score (nSPS) is 12.0. The van der Waals surface area contributed by atoms with Crippen molar-refractivity contribution < 1.29 is 23.0 Å². The Morgan fingerprint density at radius 2 is 1.85 bits per heavy atom. The zero-order chi connectivity index (χ0) is 20.1. The van der Waals surface area contributed by atoms with Gasteiger partial charge < -0.3 is 14.8 Å². The van der Waals surface area contributed by atoms with Crippen molar-refractivity contribution >= 4 is 23.2 Å². The number of likely N-dealkylation sites (N-methyl/N-ethyl adjacent to an activating group) is 1. The second-order valence-electron chi connectivity index (χ2n) is 5.99. The SMILES string of the molecule is COc1cc(OC)c(NC(=O)CN(C)C(C)c2cc(F)ccc2F)cc1Cl. The van der Waals surface area contributed by atoms with E-state index >= 15 is 0 Å². The van der Waals surface area contributed by atoms with Crippen molar-refractivity contribution in [3.8, 4) is 11.5 Å². The molecule has 0 radical (unpaired) electrons. The van der Waals surface area contributed by atoms with Crippen LogP contribution in [0.4, 0.5) is 14.5 Å².